The van der Waals surface area contributed by atoms with Crippen molar-refractivity contribution >= 4 is 39.2 Å². The fourth-order valence-electron chi connectivity index (χ4n) is 2.29. The van der Waals surface area contributed by atoms with Crippen LogP contribution in [0, 0.1) is 0 Å². The fraction of sp³-hybridized carbons (Fsp3) is 0.222. The lowest BCUT2D eigenvalue weighted by Gasteiger charge is -2.14. The summed E-state index contributed by atoms with van der Waals surface area (Å²) in [6.45, 7) is -0.886. The minimum Gasteiger partial charge on any atom is -0.452 e. The summed E-state index contributed by atoms with van der Waals surface area (Å²) in [6, 6.07) is 7.67. The number of hydrogen-bond acceptors (Lipinski definition) is 5. The van der Waals surface area contributed by atoms with E-state index >= 15 is 0 Å². The third kappa shape index (κ3) is 5.49. The second kappa shape index (κ2) is 9.02. The van der Waals surface area contributed by atoms with Crippen molar-refractivity contribution in [2.75, 3.05) is 26.0 Å². The summed E-state index contributed by atoms with van der Waals surface area (Å²) in [5, 5.41) is 2.22. The number of anilines is 1. The van der Waals surface area contributed by atoms with E-state index in [0.29, 0.717) is 0 Å². The van der Waals surface area contributed by atoms with Gasteiger partial charge in [-0.15, -0.1) is 0 Å². The molecule has 0 saturated heterocycles. The van der Waals surface area contributed by atoms with Crippen molar-refractivity contribution in [2.24, 2.45) is 0 Å². The Balaban J connectivity index is 2.10. The van der Waals surface area contributed by atoms with Crippen molar-refractivity contribution in [1.29, 1.82) is 0 Å². The van der Waals surface area contributed by atoms with Gasteiger partial charge < -0.3 is 10.1 Å². The molecule has 0 radical (unpaired) electrons. The second-order valence-electron chi connectivity index (χ2n) is 6.10. The van der Waals surface area contributed by atoms with Gasteiger partial charge in [0.25, 0.3) is 5.91 Å². The molecule has 0 aliphatic rings. The van der Waals surface area contributed by atoms with E-state index in [4.69, 9.17) is 11.6 Å². The van der Waals surface area contributed by atoms with Crippen LogP contribution in [0.2, 0.25) is 5.02 Å². The SMILES string of the molecule is CN(C)S(=O)(=O)c1cc(NC(=O)COC(=O)c2ccccc2C(F)(F)F)ccc1Cl. The number of halogens is 4. The lowest BCUT2D eigenvalue weighted by atomic mass is 10.1. The van der Waals surface area contributed by atoms with Gasteiger partial charge in [0.2, 0.25) is 10.0 Å². The molecular weight excluding hydrogens is 449 g/mol. The molecule has 0 fully saturated rings. The average Bonchev–Trinajstić information content (AvgIpc) is 2.66. The lowest BCUT2D eigenvalue weighted by Crippen LogP contribution is -2.24. The number of carbonyl (C=O) groups excluding carboxylic acids is 2. The van der Waals surface area contributed by atoms with Crippen LogP contribution < -0.4 is 5.32 Å². The molecule has 2 aromatic rings. The highest BCUT2D eigenvalue weighted by Crippen LogP contribution is 2.32. The molecule has 1 N–H and O–H groups in total. The number of alkyl halides is 3. The van der Waals surface area contributed by atoms with E-state index in [1.807, 2.05) is 0 Å². The molecule has 0 aromatic heterocycles. The summed E-state index contributed by atoms with van der Waals surface area (Å²) >= 11 is 5.90. The fourth-order valence-corrected chi connectivity index (χ4v) is 3.68. The second-order valence-corrected chi connectivity index (χ2v) is 8.63. The molecule has 0 bridgehead atoms. The van der Waals surface area contributed by atoms with Crippen molar-refractivity contribution in [3.8, 4) is 0 Å². The molecule has 0 aliphatic carbocycles. The number of nitrogens with one attached hydrogen (secondary N) is 1. The van der Waals surface area contributed by atoms with Crippen LogP contribution in [0.1, 0.15) is 15.9 Å². The maximum Gasteiger partial charge on any atom is 0.417 e. The Morgan fingerprint density at radius 2 is 1.77 bits per heavy atom. The Hall–Kier alpha value is -2.63. The molecule has 0 aliphatic heterocycles. The zero-order valence-electron chi connectivity index (χ0n) is 15.7. The van der Waals surface area contributed by atoms with Gasteiger partial charge in [0, 0.05) is 19.8 Å². The molecule has 0 spiro atoms. The van der Waals surface area contributed by atoms with Crippen molar-refractivity contribution < 1.29 is 35.9 Å². The van der Waals surface area contributed by atoms with Gasteiger partial charge in [0.05, 0.1) is 16.1 Å². The maximum atomic E-state index is 13.0. The molecule has 0 atom stereocenters. The molecule has 0 unspecified atom stereocenters. The van der Waals surface area contributed by atoms with Crippen LogP contribution in [0.5, 0.6) is 0 Å². The van der Waals surface area contributed by atoms with E-state index in [0.717, 1.165) is 28.6 Å². The zero-order valence-corrected chi connectivity index (χ0v) is 17.2. The van der Waals surface area contributed by atoms with E-state index < -0.39 is 45.8 Å². The molecule has 162 valence electrons. The maximum absolute atomic E-state index is 13.0. The van der Waals surface area contributed by atoms with Crippen LogP contribution in [-0.2, 0) is 25.7 Å². The topological polar surface area (TPSA) is 92.8 Å². The van der Waals surface area contributed by atoms with Crippen LogP contribution in [0.4, 0.5) is 18.9 Å². The first kappa shape index (κ1) is 23.6. The highest BCUT2D eigenvalue weighted by molar-refractivity contribution is 7.89. The first-order chi connectivity index (χ1) is 13.8. The van der Waals surface area contributed by atoms with E-state index in [2.05, 4.69) is 10.1 Å². The first-order valence-electron chi connectivity index (χ1n) is 8.19. The summed E-state index contributed by atoms with van der Waals surface area (Å²) in [6.07, 6.45) is -4.77. The standard InChI is InChI=1S/C18H16ClF3N2O5S/c1-24(2)30(27,28)15-9-11(7-8-14(15)19)23-16(25)10-29-17(26)12-5-3-4-6-13(12)18(20,21)22/h3-9H,10H2,1-2H3,(H,23,25). The van der Waals surface area contributed by atoms with E-state index in [1.165, 1.54) is 32.3 Å². The number of hydrogen-bond donors (Lipinski definition) is 1. The summed E-state index contributed by atoms with van der Waals surface area (Å²) in [5.74, 6) is -2.21. The van der Waals surface area contributed by atoms with Gasteiger partial charge in [-0.3, -0.25) is 4.79 Å². The average molecular weight is 465 g/mol. The third-order valence-corrected chi connectivity index (χ3v) is 6.06. The Kier molecular flexibility index (Phi) is 7.11. The molecule has 30 heavy (non-hydrogen) atoms. The van der Waals surface area contributed by atoms with E-state index in [1.54, 1.807) is 0 Å². The predicted molar refractivity (Wildman–Crippen MR) is 103 cm³/mol. The molecule has 12 heteroatoms. The Labute approximate surface area is 175 Å². The third-order valence-electron chi connectivity index (χ3n) is 3.76. The smallest absolute Gasteiger partial charge is 0.417 e. The van der Waals surface area contributed by atoms with Gasteiger partial charge in [-0.25, -0.2) is 17.5 Å². The summed E-state index contributed by atoms with van der Waals surface area (Å²) < 4.78 is 69.0. The number of nitrogens with zero attached hydrogens (tertiary/aromatic N) is 1. The van der Waals surface area contributed by atoms with Crippen molar-refractivity contribution in [3.63, 3.8) is 0 Å². The van der Waals surface area contributed by atoms with Gasteiger partial charge in [-0.05, 0) is 30.3 Å². The van der Waals surface area contributed by atoms with Crippen LogP contribution in [0.3, 0.4) is 0 Å². The molecule has 7 nitrogen and oxygen atoms in total. The van der Waals surface area contributed by atoms with E-state index in [-0.39, 0.29) is 15.6 Å². The predicted octanol–water partition coefficient (Wildman–Crippen LogP) is 3.40. The normalized spacial score (nSPS) is 12.0. The quantitative estimate of drug-likeness (QED) is 0.661. The number of benzene rings is 2. The molecule has 0 saturated carbocycles. The minimum absolute atomic E-state index is 0.0385. The molecule has 1 amide bonds. The van der Waals surface area contributed by atoms with Crippen molar-refractivity contribution in [1.82, 2.24) is 4.31 Å². The number of sulfonamides is 1. The van der Waals surface area contributed by atoms with Gasteiger partial charge >= 0.3 is 12.1 Å². The number of rotatable bonds is 6. The Morgan fingerprint density at radius 1 is 1.13 bits per heavy atom. The number of amides is 1. The van der Waals surface area contributed by atoms with Crippen LogP contribution in [0.15, 0.2) is 47.4 Å². The first-order valence-corrected chi connectivity index (χ1v) is 10.0. The van der Waals surface area contributed by atoms with Crippen LogP contribution in [-0.4, -0.2) is 45.3 Å². The van der Waals surface area contributed by atoms with Crippen LogP contribution in [0.25, 0.3) is 0 Å². The minimum atomic E-state index is -4.77. The van der Waals surface area contributed by atoms with Gasteiger partial charge in [0.15, 0.2) is 6.61 Å². The monoisotopic (exact) mass is 464 g/mol. The number of ether oxygens (including phenoxy) is 1. The summed E-state index contributed by atoms with van der Waals surface area (Å²) in [4.78, 5) is 23.7. The Bertz CT molecular complexity index is 1070. The van der Waals surface area contributed by atoms with E-state index in [9.17, 15) is 31.2 Å². The van der Waals surface area contributed by atoms with Gasteiger partial charge in [-0.2, -0.15) is 13.2 Å². The highest BCUT2D eigenvalue weighted by atomic mass is 35.5. The van der Waals surface area contributed by atoms with Gasteiger partial charge in [0.1, 0.15) is 4.90 Å². The zero-order chi connectivity index (χ0) is 22.7. The van der Waals surface area contributed by atoms with Gasteiger partial charge in [-0.1, -0.05) is 23.7 Å². The number of esters is 1. The summed E-state index contributed by atoms with van der Waals surface area (Å²) in [7, 11) is -1.29. The number of carbonyl (C=O) groups is 2. The van der Waals surface area contributed by atoms with Crippen LogP contribution >= 0.6 is 11.6 Å². The van der Waals surface area contributed by atoms with Crippen molar-refractivity contribution in [3.05, 3.63) is 58.6 Å². The molecule has 0 heterocycles. The molecule has 2 rings (SSSR count). The molecule has 2 aromatic carbocycles. The Morgan fingerprint density at radius 3 is 2.37 bits per heavy atom. The van der Waals surface area contributed by atoms with Crippen molar-refractivity contribution in [2.45, 2.75) is 11.1 Å². The highest BCUT2D eigenvalue weighted by Gasteiger charge is 2.35. The largest absolute Gasteiger partial charge is 0.452 e. The lowest BCUT2D eigenvalue weighted by molar-refractivity contribution is -0.138. The summed E-state index contributed by atoms with van der Waals surface area (Å²) in [5.41, 5.74) is -1.88. The molecular formula is C18H16ClF3N2O5S.